The Bertz CT molecular complexity index is 749. The molecule has 0 bridgehead atoms. The van der Waals surface area contributed by atoms with E-state index < -0.39 is 0 Å². The van der Waals surface area contributed by atoms with E-state index in [4.69, 9.17) is 19.6 Å². The molecule has 0 aliphatic carbocycles. The van der Waals surface area contributed by atoms with Crippen molar-refractivity contribution in [2.24, 2.45) is 5.16 Å². The van der Waals surface area contributed by atoms with Crippen LogP contribution in [0.2, 0.25) is 0 Å². The average Bonchev–Trinajstić information content (AvgIpc) is 2.59. The van der Waals surface area contributed by atoms with Crippen molar-refractivity contribution in [2.75, 3.05) is 7.11 Å². The van der Waals surface area contributed by atoms with Gasteiger partial charge in [-0.25, -0.2) is 0 Å². The van der Waals surface area contributed by atoms with E-state index in [9.17, 15) is 0 Å². The van der Waals surface area contributed by atoms with Gasteiger partial charge in [-0.1, -0.05) is 23.4 Å². The second-order valence-electron chi connectivity index (χ2n) is 5.35. The molecule has 5 heteroatoms. The van der Waals surface area contributed by atoms with E-state index in [0.717, 1.165) is 11.1 Å². The van der Waals surface area contributed by atoms with Crippen LogP contribution in [0.1, 0.15) is 30.5 Å². The van der Waals surface area contributed by atoms with Gasteiger partial charge in [0.05, 0.1) is 31.1 Å². The van der Waals surface area contributed by atoms with Gasteiger partial charge in [-0.3, -0.25) is 0 Å². The topological polar surface area (TPSA) is 63.8 Å². The van der Waals surface area contributed by atoms with Gasteiger partial charge in [0.1, 0.15) is 6.61 Å². The summed E-state index contributed by atoms with van der Waals surface area (Å²) in [6.07, 6.45) is 1.67. The summed E-state index contributed by atoms with van der Waals surface area (Å²) in [5.74, 6) is 1.33. The van der Waals surface area contributed by atoms with E-state index in [-0.39, 0.29) is 12.7 Å². The van der Waals surface area contributed by atoms with Gasteiger partial charge in [-0.05, 0) is 38.1 Å². The largest absolute Gasteiger partial charge is 0.493 e. The van der Waals surface area contributed by atoms with Gasteiger partial charge in [0.15, 0.2) is 11.5 Å². The van der Waals surface area contributed by atoms with E-state index >= 15 is 0 Å². The van der Waals surface area contributed by atoms with Crippen molar-refractivity contribution in [1.82, 2.24) is 0 Å². The summed E-state index contributed by atoms with van der Waals surface area (Å²) in [5, 5.41) is 13.0. The molecule has 0 fully saturated rings. The first-order chi connectivity index (χ1) is 11.6. The summed E-state index contributed by atoms with van der Waals surface area (Å²) < 4.78 is 11.0. The smallest absolute Gasteiger partial charge is 0.161 e. The quantitative estimate of drug-likeness (QED) is 0.572. The maximum absolute atomic E-state index is 9.03. The highest BCUT2D eigenvalue weighted by Gasteiger charge is 2.07. The van der Waals surface area contributed by atoms with Crippen LogP contribution >= 0.6 is 0 Å². The zero-order valence-electron chi connectivity index (χ0n) is 14.0. The summed E-state index contributed by atoms with van der Waals surface area (Å²) in [6.45, 7) is 4.16. The SMILES string of the molecule is COc1cc(/C=N\OCc2ccccc2C#N)ccc1OC(C)C. The van der Waals surface area contributed by atoms with E-state index in [1.807, 2.05) is 50.2 Å². The fourth-order valence-corrected chi connectivity index (χ4v) is 2.08. The highest BCUT2D eigenvalue weighted by Crippen LogP contribution is 2.28. The van der Waals surface area contributed by atoms with Crippen molar-refractivity contribution in [3.05, 3.63) is 59.2 Å². The Hall–Kier alpha value is -3.00. The van der Waals surface area contributed by atoms with Crippen LogP contribution in [0, 0.1) is 11.3 Å². The van der Waals surface area contributed by atoms with E-state index in [1.165, 1.54) is 0 Å². The molecular formula is C19H20N2O3. The molecule has 0 heterocycles. The lowest BCUT2D eigenvalue weighted by molar-refractivity contribution is 0.132. The second-order valence-corrected chi connectivity index (χ2v) is 5.35. The number of hydrogen-bond donors (Lipinski definition) is 0. The van der Waals surface area contributed by atoms with Crippen molar-refractivity contribution >= 4 is 6.21 Å². The van der Waals surface area contributed by atoms with Gasteiger partial charge in [0.25, 0.3) is 0 Å². The van der Waals surface area contributed by atoms with E-state index in [1.54, 1.807) is 19.4 Å². The molecule has 0 saturated carbocycles. The molecule has 2 aromatic carbocycles. The fraction of sp³-hybridized carbons (Fsp3) is 0.263. The van der Waals surface area contributed by atoms with Crippen LogP contribution < -0.4 is 9.47 Å². The first-order valence-corrected chi connectivity index (χ1v) is 7.62. The summed E-state index contributed by atoms with van der Waals surface area (Å²) in [6, 6.07) is 14.9. The fourth-order valence-electron chi connectivity index (χ4n) is 2.08. The predicted molar refractivity (Wildman–Crippen MR) is 92.3 cm³/mol. The first-order valence-electron chi connectivity index (χ1n) is 7.62. The Morgan fingerprint density at radius 2 is 1.96 bits per heavy atom. The van der Waals surface area contributed by atoms with Gasteiger partial charge in [0, 0.05) is 11.1 Å². The number of nitriles is 1. The molecule has 2 rings (SSSR count). The van der Waals surface area contributed by atoms with Gasteiger partial charge >= 0.3 is 0 Å². The van der Waals surface area contributed by atoms with Crippen LogP contribution in [0.25, 0.3) is 0 Å². The molecule has 0 saturated heterocycles. The standard InChI is InChI=1S/C19H20N2O3/c1-14(2)24-18-9-8-15(10-19(18)22-3)12-21-23-13-17-7-5-4-6-16(17)11-20/h4-10,12,14H,13H2,1-3H3/b21-12-. The molecule has 24 heavy (non-hydrogen) atoms. The molecule has 2 aromatic rings. The Morgan fingerprint density at radius 1 is 1.17 bits per heavy atom. The molecular weight excluding hydrogens is 304 g/mol. The van der Waals surface area contributed by atoms with Crippen molar-refractivity contribution in [1.29, 1.82) is 5.26 Å². The Morgan fingerprint density at radius 3 is 2.67 bits per heavy atom. The van der Waals surface area contributed by atoms with Crippen molar-refractivity contribution < 1.29 is 14.3 Å². The van der Waals surface area contributed by atoms with E-state index in [2.05, 4.69) is 11.2 Å². The molecule has 0 aromatic heterocycles. The Labute approximate surface area is 142 Å². The highest BCUT2D eigenvalue weighted by atomic mass is 16.6. The van der Waals surface area contributed by atoms with Crippen LogP contribution in [0.5, 0.6) is 11.5 Å². The van der Waals surface area contributed by atoms with Crippen LogP contribution in [0.4, 0.5) is 0 Å². The molecule has 0 unspecified atom stereocenters. The minimum atomic E-state index is 0.0713. The lowest BCUT2D eigenvalue weighted by atomic mass is 10.1. The molecule has 124 valence electrons. The summed E-state index contributed by atoms with van der Waals surface area (Å²) in [7, 11) is 1.60. The third-order valence-electron chi connectivity index (χ3n) is 3.18. The second kappa shape index (κ2) is 8.59. The van der Waals surface area contributed by atoms with Gasteiger partial charge < -0.3 is 14.3 Å². The summed E-state index contributed by atoms with van der Waals surface area (Å²) in [4.78, 5) is 5.28. The van der Waals surface area contributed by atoms with Crippen LogP contribution in [-0.4, -0.2) is 19.4 Å². The minimum absolute atomic E-state index is 0.0713. The van der Waals surface area contributed by atoms with Crippen LogP contribution in [0.15, 0.2) is 47.6 Å². The lowest BCUT2D eigenvalue weighted by Crippen LogP contribution is -2.06. The lowest BCUT2D eigenvalue weighted by Gasteiger charge is -2.13. The first kappa shape index (κ1) is 17.4. The molecule has 0 aliphatic heterocycles. The van der Waals surface area contributed by atoms with Gasteiger partial charge in [-0.2, -0.15) is 5.26 Å². The maximum Gasteiger partial charge on any atom is 0.161 e. The van der Waals surface area contributed by atoms with Crippen LogP contribution in [-0.2, 0) is 11.4 Å². The summed E-state index contributed by atoms with van der Waals surface area (Å²) >= 11 is 0. The molecule has 0 spiro atoms. The number of hydrogen-bond acceptors (Lipinski definition) is 5. The number of oxime groups is 1. The maximum atomic E-state index is 9.03. The Kier molecular flexibility index (Phi) is 6.21. The molecule has 0 aliphatic rings. The average molecular weight is 324 g/mol. The van der Waals surface area contributed by atoms with Crippen molar-refractivity contribution in [2.45, 2.75) is 26.6 Å². The number of ether oxygens (including phenoxy) is 2. The summed E-state index contributed by atoms with van der Waals surface area (Å²) in [5.41, 5.74) is 2.22. The highest BCUT2D eigenvalue weighted by molar-refractivity contribution is 5.80. The number of rotatable bonds is 7. The number of nitrogens with zero attached hydrogens (tertiary/aromatic N) is 2. The molecule has 0 N–H and O–H groups in total. The molecule has 5 nitrogen and oxygen atoms in total. The predicted octanol–water partition coefficient (Wildman–Crippen LogP) is 3.90. The zero-order chi connectivity index (χ0) is 17.4. The molecule has 0 amide bonds. The normalized spacial score (nSPS) is 10.6. The zero-order valence-corrected chi connectivity index (χ0v) is 14.0. The minimum Gasteiger partial charge on any atom is -0.493 e. The number of methoxy groups -OCH3 is 1. The monoisotopic (exact) mass is 324 g/mol. The molecule has 0 radical (unpaired) electrons. The van der Waals surface area contributed by atoms with Gasteiger partial charge in [-0.15, -0.1) is 0 Å². The van der Waals surface area contributed by atoms with Crippen molar-refractivity contribution in [3.63, 3.8) is 0 Å². The van der Waals surface area contributed by atoms with Crippen LogP contribution in [0.3, 0.4) is 0 Å². The third-order valence-corrected chi connectivity index (χ3v) is 3.18. The number of benzene rings is 2. The van der Waals surface area contributed by atoms with E-state index in [0.29, 0.717) is 17.1 Å². The third kappa shape index (κ3) is 4.75. The molecule has 0 atom stereocenters. The van der Waals surface area contributed by atoms with Crippen molar-refractivity contribution in [3.8, 4) is 17.6 Å². The Balaban J connectivity index is 2.00. The van der Waals surface area contributed by atoms with Gasteiger partial charge in [0.2, 0.25) is 0 Å².